The molecule has 0 aromatic heterocycles. The number of hydrogen-bond donors (Lipinski definition) is 6. The third kappa shape index (κ3) is 23.0. The highest BCUT2D eigenvalue weighted by atomic mass is 31.2. The fourth-order valence-electron chi connectivity index (χ4n) is 5.63. The molecule has 0 rings (SSSR count). The van der Waals surface area contributed by atoms with Crippen molar-refractivity contribution in [1.82, 2.24) is 21.3 Å². The second-order valence-corrected chi connectivity index (χ2v) is 27.9. The molecule has 69 heavy (non-hydrogen) atoms. The van der Waals surface area contributed by atoms with Gasteiger partial charge in [0.2, 0.25) is 11.6 Å². The van der Waals surface area contributed by atoms with Gasteiger partial charge in [-0.1, -0.05) is 121 Å². The van der Waals surface area contributed by atoms with Crippen molar-refractivity contribution < 1.29 is 47.2 Å². The van der Waals surface area contributed by atoms with Crippen molar-refractivity contribution in [3.05, 3.63) is 24.3 Å². The van der Waals surface area contributed by atoms with E-state index in [9.17, 15) is 28.6 Å². The Bertz CT molecular complexity index is 1650. The molecule has 2 unspecified atom stereocenters. The lowest BCUT2D eigenvalue weighted by molar-refractivity contribution is -0.167. The largest absolute Gasteiger partial charge is 0.472 e. The topological polar surface area (TPSA) is 217 Å². The maximum Gasteiger partial charge on any atom is 0.472 e. The van der Waals surface area contributed by atoms with Gasteiger partial charge in [-0.25, -0.2) is 4.57 Å². The van der Waals surface area contributed by atoms with Gasteiger partial charge in [-0.15, -0.1) is 0 Å². The summed E-state index contributed by atoms with van der Waals surface area (Å²) in [5.74, 6) is -1.43. The molecule has 404 valence electrons. The average Bonchev–Trinajstić information content (AvgIpc) is 3.20. The van der Waals surface area contributed by atoms with Crippen molar-refractivity contribution in [3.63, 3.8) is 0 Å². The van der Waals surface area contributed by atoms with Gasteiger partial charge in [0.15, 0.2) is 0 Å². The maximum atomic E-state index is 13.9. The zero-order valence-electron chi connectivity index (χ0n) is 46.9. The first-order valence-electron chi connectivity index (χ1n) is 25.0. The van der Waals surface area contributed by atoms with Crippen molar-refractivity contribution in [1.29, 1.82) is 0 Å². The number of ether oxygens (including phenoxy) is 2. The molecule has 2 amide bonds. The van der Waals surface area contributed by atoms with Gasteiger partial charge in [0, 0.05) is 13.1 Å². The molecule has 15 nitrogen and oxygen atoms in total. The Morgan fingerprint density at radius 3 is 1.36 bits per heavy atom. The van der Waals surface area contributed by atoms with Gasteiger partial charge in [0.25, 0.3) is 0 Å². The van der Waals surface area contributed by atoms with Gasteiger partial charge in [0.05, 0.1) is 22.6 Å². The minimum atomic E-state index is -4.88. The summed E-state index contributed by atoms with van der Waals surface area (Å²) in [6, 6.07) is 0. The van der Waals surface area contributed by atoms with Crippen LogP contribution >= 0.6 is 16.4 Å². The highest BCUT2D eigenvalue weighted by molar-refractivity contribution is 7.60. The molecule has 0 aliphatic heterocycles. The molecule has 0 aromatic carbocycles. The minimum absolute atomic E-state index is 0.0442. The van der Waals surface area contributed by atoms with Gasteiger partial charge >= 0.3 is 19.8 Å². The van der Waals surface area contributed by atoms with E-state index in [0.29, 0.717) is 13.1 Å². The van der Waals surface area contributed by atoms with Crippen molar-refractivity contribution in [2.75, 3.05) is 65.6 Å². The first-order valence-corrected chi connectivity index (χ1v) is 27.5. The second-order valence-electron chi connectivity index (χ2n) is 24.5. The summed E-state index contributed by atoms with van der Waals surface area (Å²) in [5.41, 5.74) is 1.13. The van der Waals surface area contributed by atoms with E-state index >= 15 is 0 Å². The molecular formula is C52H101N5O10P2. The van der Waals surface area contributed by atoms with Crippen LogP contribution in [-0.4, -0.2) is 105 Å². The number of amides is 2. The quantitative estimate of drug-likeness (QED) is 0.0156. The average molecular weight is 1020 g/mol. The van der Waals surface area contributed by atoms with E-state index in [-0.39, 0.29) is 34.1 Å². The van der Waals surface area contributed by atoms with Crippen LogP contribution in [0.5, 0.6) is 0 Å². The maximum absolute atomic E-state index is 13.9. The standard InChI is InChI=1S/C52H101N5O10P2/c1-44(2,3)46(7,8)25-27-48(11,12)50(15,16)41(59)64-37-39(38-65-42(60)51(17,18)49(13,14)28-26-47(9,10)45(4,5)6)67-69(62,63)66-36-35-57-43(61)68-52(19,20)40(58)56-34-24-33-55-31-22-21-30-54-32-23-29-53/h25-28,39,54-55,68H,21-24,29-38,53H2,1-20H3,(H,56,58)(H,57,61)(H,62,63)/b27-25-,28-26-. The molecule has 0 aromatic rings. The van der Waals surface area contributed by atoms with E-state index in [1.807, 2.05) is 39.8 Å². The van der Waals surface area contributed by atoms with E-state index in [1.54, 1.807) is 41.5 Å². The van der Waals surface area contributed by atoms with Crippen molar-refractivity contribution in [2.45, 2.75) is 175 Å². The zero-order chi connectivity index (χ0) is 54.0. The molecule has 0 bridgehead atoms. The zero-order valence-corrected chi connectivity index (χ0v) is 48.8. The number of carbonyl (C=O) groups excluding carboxylic acids is 4. The summed E-state index contributed by atoms with van der Waals surface area (Å²) < 4.78 is 35.8. The lowest BCUT2D eigenvalue weighted by atomic mass is 9.64. The van der Waals surface area contributed by atoms with Crippen molar-refractivity contribution >= 4 is 39.9 Å². The molecule has 2 atom stereocenters. The Hall–Kier alpha value is -2.22. The van der Waals surface area contributed by atoms with Crippen LogP contribution in [0.2, 0.25) is 0 Å². The Kier molecular flexibility index (Phi) is 26.8. The number of nitrogens with one attached hydrogen (secondary N) is 4. The lowest BCUT2D eigenvalue weighted by Crippen LogP contribution is -2.43. The van der Waals surface area contributed by atoms with Crippen LogP contribution in [0, 0.1) is 43.3 Å². The Morgan fingerprint density at radius 2 is 0.957 bits per heavy atom. The van der Waals surface area contributed by atoms with Crippen LogP contribution in [0.4, 0.5) is 4.79 Å². The van der Waals surface area contributed by atoms with Gasteiger partial charge in [-0.2, -0.15) is 0 Å². The number of phosphoric acid groups is 1. The highest BCUT2D eigenvalue weighted by Crippen LogP contribution is 2.48. The lowest BCUT2D eigenvalue weighted by Gasteiger charge is -2.41. The molecule has 0 aliphatic carbocycles. The molecule has 17 heteroatoms. The van der Waals surface area contributed by atoms with Crippen LogP contribution in [0.15, 0.2) is 24.3 Å². The molecule has 7 N–H and O–H groups in total. The van der Waals surface area contributed by atoms with Crippen LogP contribution in [0.1, 0.15) is 164 Å². The molecule has 0 saturated carbocycles. The number of nitrogens with two attached hydrogens (primary N) is 1. The molecule has 0 fully saturated rings. The minimum Gasteiger partial charge on any atom is -0.462 e. The molecule has 0 heterocycles. The predicted molar refractivity (Wildman–Crippen MR) is 285 cm³/mol. The van der Waals surface area contributed by atoms with Crippen LogP contribution in [0.3, 0.4) is 0 Å². The number of esters is 2. The fraction of sp³-hybridized carbons (Fsp3) is 0.846. The van der Waals surface area contributed by atoms with Gasteiger partial charge in [-0.05, 0) is 141 Å². The first kappa shape index (κ1) is 66.8. The third-order valence-electron chi connectivity index (χ3n) is 15.0. The van der Waals surface area contributed by atoms with Crippen molar-refractivity contribution in [2.24, 2.45) is 49.1 Å². The Balaban J connectivity index is 5.79. The Morgan fingerprint density at radius 1 is 0.565 bits per heavy atom. The number of phosphoric ester groups is 1. The molecule has 0 aliphatic rings. The molecule has 0 radical (unpaired) electrons. The summed E-state index contributed by atoms with van der Waals surface area (Å²) in [7, 11) is -5.32. The van der Waals surface area contributed by atoms with E-state index in [4.69, 9.17) is 24.3 Å². The van der Waals surface area contributed by atoms with Crippen LogP contribution in [-0.2, 0) is 37.5 Å². The van der Waals surface area contributed by atoms with Crippen LogP contribution in [0.25, 0.3) is 0 Å². The summed E-state index contributed by atoms with van der Waals surface area (Å²) in [6.45, 7) is 42.8. The SMILES string of the molecule is CC(C)(PC(=O)NCCOP(=O)(O)OC(COC(=O)C(C)(C)C(C)(C)/C=C\C(C)(C)C(C)(C)C)COC(=O)C(C)(C)C(C)(C)/C=C\C(C)(C)C(C)(C)C)C(=O)NCCCNCCCCNCCCN. The van der Waals surface area contributed by atoms with Crippen molar-refractivity contribution in [3.8, 4) is 0 Å². The normalized spacial score (nSPS) is 15.1. The highest BCUT2D eigenvalue weighted by Gasteiger charge is 2.46. The van der Waals surface area contributed by atoms with E-state index in [2.05, 4.69) is 103 Å². The number of rotatable bonds is 33. The fourth-order valence-corrected chi connectivity index (χ4v) is 7.49. The van der Waals surface area contributed by atoms with Crippen LogP contribution < -0.4 is 27.0 Å². The predicted octanol–water partition coefficient (Wildman–Crippen LogP) is 9.92. The Labute approximate surface area is 421 Å². The smallest absolute Gasteiger partial charge is 0.462 e. The van der Waals surface area contributed by atoms with E-state index in [1.165, 1.54) is 0 Å². The monoisotopic (exact) mass is 1020 g/mol. The number of carbonyl (C=O) groups is 4. The number of hydrogen-bond acceptors (Lipinski definition) is 12. The van der Waals surface area contributed by atoms with E-state index in [0.717, 1.165) is 51.9 Å². The first-order chi connectivity index (χ1) is 31.1. The number of allylic oxidation sites excluding steroid dienone is 4. The summed E-state index contributed by atoms with van der Waals surface area (Å²) in [5, 5.41) is 11.3. The molecule has 0 spiro atoms. The third-order valence-corrected chi connectivity index (χ3v) is 17.3. The molecule has 0 saturated heterocycles. The van der Waals surface area contributed by atoms with Gasteiger partial charge < -0.3 is 41.4 Å². The van der Waals surface area contributed by atoms with E-state index < -0.39 is 86.7 Å². The number of unbranched alkanes of at least 4 members (excludes halogenated alkanes) is 1. The summed E-state index contributed by atoms with van der Waals surface area (Å²) in [4.78, 5) is 64.4. The summed E-state index contributed by atoms with van der Waals surface area (Å²) >= 11 is 0. The summed E-state index contributed by atoms with van der Waals surface area (Å²) in [6.07, 6.45) is 10.7. The van der Waals surface area contributed by atoms with Gasteiger partial charge in [-0.3, -0.25) is 28.2 Å². The van der Waals surface area contributed by atoms with Gasteiger partial charge in [0.1, 0.15) is 19.3 Å². The molecular weight excluding hydrogens is 917 g/mol. The second kappa shape index (κ2) is 27.7.